The van der Waals surface area contributed by atoms with Crippen molar-refractivity contribution in [3.8, 4) is 5.75 Å². The van der Waals surface area contributed by atoms with E-state index in [0.717, 1.165) is 24.6 Å². The van der Waals surface area contributed by atoms with Gasteiger partial charge in [0.15, 0.2) is 0 Å². The quantitative estimate of drug-likeness (QED) is 0.785. The lowest BCUT2D eigenvalue weighted by Crippen LogP contribution is -2.05. The third-order valence-electron chi connectivity index (χ3n) is 2.31. The highest BCUT2D eigenvalue weighted by Crippen LogP contribution is 2.32. The molecule has 90 valence electrons. The van der Waals surface area contributed by atoms with Crippen LogP contribution in [0.2, 0.25) is 0 Å². The number of nitrogens with two attached hydrogens (primary N) is 1. The lowest BCUT2D eigenvalue weighted by Gasteiger charge is -2.10. The molecule has 0 aromatic heterocycles. The van der Waals surface area contributed by atoms with Crippen LogP contribution in [0.3, 0.4) is 0 Å². The molecule has 0 amide bonds. The predicted octanol–water partition coefficient (Wildman–Crippen LogP) is 2.69. The van der Waals surface area contributed by atoms with Crippen LogP contribution in [0.4, 0.5) is 13.2 Å². The zero-order valence-electron chi connectivity index (χ0n) is 8.72. The van der Waals surface area contributed by atoms with Crippen LogP contribution in [0.25, 0.3) is 0 Å². The highest BCUT2D eigenvalue weighted by atomic mass is 19.4. The van der Waals surface area contributed by atoms with E-state index in [2.05, 4.69) is 0 Å². The van der Waals surface area contributed by atoms with Gasteiger partial charge >= 0.3 is 6.18 Å². The average molecular weight is 233 g/mol. The standard InChI is InChI=1S/C11H14F3NO/c12-11(13,14)9-4-5-10(16)8(7-9)3-1-2-6-15/h4-5,7,16H,1-3,6,15H2. The second kappa shape index (κ2) is 5.21. The molecule has 2 nitrogen and oxygen atoms in total. The van der Waals surface area contributed by atoms with Gasteiger partial charge in [-0.05, 0) is 49.6 Å². The van der Waals surface area contributed by atoms with Gasteiger partial charge in [-0.1, -0.05) is 0 Å². The number of hydrogen-bond donors (Lipinski definition) is 2. The normalized spacial score (nSPS) is 11.8. The van der Waals surface area contributed by atoms with Crippen LogP contribution < -0.4 is 5.73 Å². The SMILES string of the molecule is NCCCCc1cc(C(F)(F)F)ccc1O. The minimum atomic E-state index is -4.36. The highest BCUT2D eigenvalue weighted by Gasteiger charge is 2.30. The van der Waals surface area contributed by atoms with Gasteiger partial charge in [0.2, 0.25) is 0 Å². The van der Waals surface area contributed by atoms with Gasteiger partial charge in [-0.15, -0.1) is 0 Å². The Labute approximate surface area is 91.9 Å². The zero-order chi connectivity index (χ0) is 12.2. The molecule has 1 aromatic rings. The van der Waals surface area contributed by atoms with Gasteiger partial charge in [0.05, 0.1) is 5.56 Å². The molecule has 0 bridgehead atoms. The summed E-state index contributed by atoms with van der Waals surface area (Å²) in [4.78, 5) is 0. The van der Waals surface area contributed by atoms with Crippen molar-refractivity contribution in [2.75, 3.05) is 6.54 Å². The average Bonchev–Trinajstić information content (AvgIpc) is 2.19. The summed E-state index contributed by atoms with van der Waals surface area (Å²) in [5.41, 5.74) is 4.88. The van der Waals surface area contributed by atoms with Crippen LogP contribution in [0, 0.1) is 0 Å². The summed E-state index contributed by atoms with van der Waals surface area (Å²) >= 11 is 0. The number of hydrogen-bond acceptors (Lipinski definition) is 2. The molecule has 16 heavy (non-hydrogen) atoms. The maximum Gasteiger partial charge on any atom is 0.416 e. The summed E-state index contributed by atoms with van der Waals surface area (Å²) in [5, 5.41) is 9.40. The van der Waals surface area contributed by atoms with Crippen molar-refractivity contribution < 1.29 is 18.3 Å². The Morgan fingerprint density at radius 3 is 2.44 bits per heavy atom. The molecule has 0 atom stereocenters. The van der Waals surface area contributed by atoms with Crippen molar-refractivity contribution >= 4 is 0 Å². The predicted molar refractivity (Wildman–Crippen MR) is 55.1 cm³/mol. The summed E-state index contributed by atoms with van der Waals surface area (Å²) in [6.45, 7) is 0.500. The van der Waals surface area contributed by atoms with Crippen LogP contribution in [0.1, 0.15) is 24.0 Å². The van der Waals surface area contributed by atoms with Crippen LogP contribution in [-0.4, -0.2) is 11.7 Å². The first-order valence-electron chi connectivity index (χ1n) is 5.04. The molecule has 0 saturated heterocycles. The van der Waals surface area contributed by atoms with Gasteiger partial charge in [0.1, 0.15) is 5.75 Å². The number of unbranched alkanes of at least 4 members (excludes halogenated alkanes) is 1. The Kier molecular flexibility index (Phi) is 4.18. The Morgan fingerprint density at radius 2 is 1.88 bits per heavy atom. The largest absolute Gasteiger partial charge is 0.508 e. The van der Waals surface area contributed by atoms with E-state index in [1.807, 2.05) is 0 Å². The van der Waals surface area contributed by atoms with Crippen molar-refractivity contribution in [1.29, 1.82) is 0 Å². The van der Waals surface area contributed by atoms with E-state index in [1.54, 1.807) is 0 Å². The molecule has 1 rings (SSSR count). The van der Waals surface area contributed by atoms with E-state index < -0.39 is 11.7 Å². The van der Waals surface area contributed by atoms with Crippen LogP contribution in [0.15, 0.2) is 18.2 Å². The van der Waals surface area contributed by atoms with Crippen molar-refractivity contribution in [2.45, 2.75) is 25.4 Å². The number of phenolic OH excluding ortho intramolecular Hbond substituents is 1. The van der Waals surface area contributed by atoms with Gasteiger partial charge in [-0.3, -0.25) is 0 Å². The molecule has 0 fully saturated rings. The van der Waals surface area contributed by atoms with Crippen molar-refractivity contribution in [1.82, 2.24) is 0 Å². The molecule has 0 aliphatic carbocycles. The minimum Gasteiger partial charge on any atom is -0.508 e. The summed E-state index contributed by atoms with van der Waals surface area (Å²) < 4.78 is 37.2. The Balaban J connectivity index is 2.83. The second-order valence-corrected chi connectivity index (χ2v) is 3.59. The Morgan fingerprint density at radius 1 is 1.19 bits per heavy atom. The van der Waals surface area contributed by atoms with Gasteiger partial charge in [0, 0.05) is 0 Å². The molecule has 0 spiro atoms. The number of phenols is 1. The fraction of sp³-hybridized carbons (Fsp3) is 0.455. The fourth-order valence-corrected chi connectivity index (χ4v) is 1.42. The highest BCUT2D eigenvalue weighted by molar-refractivity contribution is 5.37. The minimum absolute atomic E-state index is 0.0926. The molecule has 5 heteroatoms. The molecule has 0 saturated carbocycles. The topological polar surface area (TPSA) is 46.2 Å². The van der Waals surface area contributed by atoms with Crippen LogP contribution >= 0.6 is 0 Å². The summed E-state index contributed by atoms with van der Waals surface area (Å²) in [5.74, 6) is -0.0926. The number of alkyl halides is 3. The molecule has 3 N–H and O–H groups in total. The monoisotopic (exact) mass is 233 g/mol. The molecule has 0 unspecified atom stereocenters. The van der Waals surface area contributed by atoms with Gasteiger partial charge < -0.3 is 10.8 Å². The first kappa shape index (κ1) is 12.8. The molecular weight excluding hydrogens is 219 g/mol. The lowest BCUT2D eigenvalue weighted by molar-refractivity contribution is -0.137. The summed E-state index contributed by atoms with van der Waals surface area (Å²) in [6, 6.07) is 2.95. The number of aromatic hydroxyl groups is 1. The van der Waals surface area contributed by atoms with E-state index >= 15 is 0 Å². The van der Waals surface area contributed by atoms with Gasteiger partial charge in [-0.2, -0.15) is 13.2 Å². The number of rotatable bonds is 4. The molecular formula is C11H14F3NO. The van der Waals surface area contributed by atoms with E-state index in [4.69, 9.17) is 5.73 Å². The molecule has 0 aliphatic rings. The van der Waals surface area contributed by atoms with Crippen molar-refractivity contribution in [2.24, 2.45) is 5.73 Å². The van der Waals surface area contributed by atoms with Crippen LogP contribution in [-0.2, 0) is 12.6 Å². The molecule has 0 aliphatic heterocycles. The number of benzene rings is 1. The Bertz CT molecular complexity index is 350. The number of aryl methyl sites for hydroxylation is 1. The third kappa shape index (κ3) is 3.41. The third-order valence-corrected chi connectivity index (χ3v) is 2.31. The van der Waals surface area contributed by atoms with Gasteiger partial charge in [-0.25, -0.2) is 0 Å². The number of halogens is 3. The first-order chi connectivity index (χ1) is 7.45. The van der Waals surface area contributed by atoms with Crippen molar-refractivity contribution in [3.05, 3.63) is 29.3 Å². The van der Waals surface area contributed by atoms with Crippen LogP contribution in [0.5, 0.6) is 5.75 Å². The molecule has 1 aromatic carbocycles. The van der Waals surface area contributed by atoms with E-state index in [0.29, 0.717) is 24.9 Å². The fourth-order valence-electron chi connectivity index (χ4n) is 1.42. The van der Waals surface area contributed by atoms with E-state index in [-0.39, 0.29) is 5.75 Å². The maximum absolute atomic E-state index is 12.4. The lowest BCUT2D eigenvalue weighted by atomic mass is 10.0. The van der Waals surface area contributed by atoms with Gasteiger partial charge in [0.25, 0.3) is 0 Å². The first-order valence-corrected chi connectivity index (χ1v) is 5.04. The zero-order valence-corrected chi connectivity index (χ0v) is 8.72. The van der Waals surface area contributed by atoms with E-state index in [9.17, 15) is 18.3 Å². The summed E-state index contributed by atoms with van der Waals surface area (Å²) in [7, 11) is 0. The summed E-state index contributed by atoms with van der Waals surface area (Å²) in [6.07, 6.45) is -2.55. The smallest absolute Gasteiger partial charge is 0.416 e. The Hall–Kier alpha value is -1.23. The van der Waals surface area contributed by atoms with Crippen molar-refractivity contribution in [3.63, 3.8) is 0 Å². The molecule has 0 radical (unpaired) electrons. The second-order valence-electron chi connectivity index (χ2n) is 3.59. The van der Waals surface area contributed by atoms with E-state index in [1.165, 1.54) is 0 Å². The maximum atomic E-state index is 12.4. The molecule has 0 heterocycles.